The molecule has 2 aromatic rings. The fourth-order valence-electron chi connectivity index (χ4n) is 2.64. The Bertz CT molecular complexity index is 758. The fourth-order valence-corrected chi connectivity index (χ4v) is 4.37. The van der Waals surface area contributed by atoms with Crippen molar-refractivity contribution in [3.8, 4) is 0 Å². The van der Waals surface area contributed by atoms with Gasteiger partial charge in [0.15, 0.2) is 0 Å². The molecule has 0 N–H and O–H groups in total. The number of para-hydroxylation sites is 1. The molecule has 0 radical (unpaired) electrons. The standard InChI is InChI=1S/C15H14FNO2S/c1-11-9-12-5-2-3-8-15(12)17(11)20(18,19)14-7-4-6-13(16)10-14/h2-8,10-11H,9H2,1H3/t11-/m1/s1. The number of sulfonamides is 1. The van der Waals surface area contributed by atoms with Crippen molar-refractivity contribution in [1.29, 1.82) is 0 Å². The highest BCUT2D eigenvalue weighted by atomic mass is 32.2. The van der Waals surface area contributed by atoms with Crippen LogP contribution in [-0.2, 0) is 16.4 Å². The Morgan fingerprint density at radius 1 is 1.15 bits per heavy atom. The van der Waals surface area contributed by atoms with E-state index in [0.29, 0.717) is 12.1 Å². The van der Waals surface area contributed by atoms with Crippen molar-refractivity contribution in [2.75, 3.05) is 4.31 Å². The number of fused-ring (bicyclic) bond motifs is 1. The van der Waals surface area contributed by atoms with E-state index < -0.39 is 15.8 Å². The Morgan fingerprint density at radius 2 is 1.90 bits per heavy atom. The molecule has 1 heterocycles. The number of halogens is 1. The van der Waals surface area contributed by atoms with E-state index in [1.165, 1.54) is 22.5 Å². The van der Waals surface area contributed by atoms with Gasteiger partial charge in [0.1, 0.15) is 5.82 Å². The first-order valence-electron chi connectivity index (χ1n) is 6.38. The number of hydrogen-bond acceptors (Lipinski definition) is 2. The van der Waals surface area contributed by atoms with Crippen molar-refractivity contribution in [2.45, 2.75) is 24.3 Å². The fraction of sp³-hybridized carbons (Fsp3) is 0.200. The van der Waals surface area contributed by atoms with Crippen molar-refractivity contribution in [2.24, 2.45) is 0 Å². The smallest absolute Gasteiger partial charge is 0.263 e. The zero-order valence-electron chi connectivity index (χ0n) is 11.0. The molecule has 1 aliphatic rings. The summed E-state index contributed by atoms with van der Waals surface area (Å²) < 4.78 is 40.1. The second-order valence-corrected chi connectivity index (χ2v) is 6.76. The number of rotatable bonds is 2. The highest BCUT2D eigenvalue weighted by Crippen LogP contribution is 2.36. The number of anilines is 1. The average Bonchev–Trinajstić information content (AvgIpc) is 2.75. The minimum Gasteiger partial charge on any atom is -0.263 e. The van der Waals surface area contributed by atoms with Crippen LogP contribution in [0.1, 0.15) is 12.5 Å². The van der Waals surface area contributed by atoms with Crippen LogP contribution in [0, 0.1) is 5.82 Å². The largest absolute Gasteiger partial charge is 0.264 e. The molecule has 0 fully saturated rings. The van der Waals surface area contributed by atoms with Crippen LogP contribution < -0.4 is 4.31 Å². The van der Waals surface area contributed by atoms with Crippen molar-refractivity contribution in [1.82, 2.24) is 0 Å². The van der Waals surface area contributed by atoms with Gasteiger partial charge in [-0.3, -0.25) is 4.31 Å². The van der Waals surface area contributed by atoms with E-state index in [2.05, 4.69) is 0 Å². The zero-order chi connectivity index (χ0) is 14.3. The lowest BCUT2D eigenvalue weighted by Crippen LogP contribution is -2.35. The first-order chi connectivity index (χ1) is 9.50. The van der Waals surface area contributed by atoms with E-state index in [-0.39, 0.29) is 10.9 Å². The maximum atomic E-state index is 13.3. The number of hydrogen-bond donors (Lipinski definition) is 0. The predicted molar refractivity (Wildman–Crippen MR) is 75.7 cm³/mol. The normalized spacial score (nSPS) is 18.1. The third-order valence-corrected chi connectivity index (χ3v) is 5.42. The van der Waals surface area contributed by atoms with E-state index in [1.54, 1.807) is 6.07 Å². The zero-order valence-corrected chi connectivity index (χ0v) is 11.8. The summed E-state index contributed by atoms with van der Waals surface area (Å²) in [7, 11) is -3.73. The van der Waals surface area contributed by atoms with Crippen LogP contribution in [0.25, 0.3) is 0 Å². The van der Waals surface area contributed by atoms with Crippen LogP contribution in [0.2, 0.25) is 0 Å². The van der Waals surface area contributed by atoms with Gasteiger partial charge in [0, 0.05) is 6.04 Å². The summed E-state index contributed by atoms with van der Waals surface area (Å²) >= 11 is 0. The SMILES string of the molecule is C[C@@H]1Cc2ccccc2N1S(=O)(=O)c1cccc(F)c1. The summed E-state index contributed by atoms with van der Waals surface area (Å²) in [5, 5.41) is 0. The lowest BCUT2D eigenvalue weighted by molar-refractivity contribution is 0.580. The molecule has 0 unspecified atom stereocenters. The van der Waals surface area contributed by atoms with Gasteiger partial charge in [-0.25, -0.2) is 12.8 Å². The maximum absolute atomic E-state index is 13.3. The lowest BCUT2D eigenvalue weighted by Gasteiger charge is -2.24. The van der Waals surface area contributed by atoms with Gasteiger partial charge in [0.25, 0.3) is 10.0 Å². The van der Waals surface area contributed by atoms with Gasteiger partial charge in [0.05, 0.1) is 10.6 Å². The van der Waals surface area contributed by atoms with E-state index in [1.807, 2.05) is 25.1 Å². The molecule has 1 atom stereocenters. The summed E-state index contributed by atoms with van der Waals surface area (Å²) in [5.41, 5.74) is 1.68. The van der Waals surface area contributed by atoms with Crippen molar-refractivity contribution in [3.63, 3.8) is 0 Å². The van der Waals surface area contributed by atoms with Gasteiger partial charge in [-0.1, -0.05) is 24.3 Å². The molecule has 5 heteroatoms. The van der Waals surface area contributed by atoms with Crippen LogP contribution in [0.5, 0.6) is 0 Å². The Kier molecular flexibility index (Phi) is 3.01. The van der Waals surface area contributed by atoms with Crippen molar-refractivity contribution in [3.05, 3.63) is 59.9 Å². The Morgan fingerprint density at radius 3 is 2.65 bits per heavy atom. The van der Waals surface area contributed by atoms with Crippen molar-refractivity contribution < 1.29 is 12.8 Å². The molecule has 1 aliphatic heterocycles. The van der Waals surface area contributed by atoms with Crippen LogP contribution in [0.3, 0.4) is 0 Å². The highest BCUT2D eigenvalue weighted by molar-refractivity contribution is 7.92. The third-order valence-electron chi connectivity index (χ3n) is 3.50. The molecular weight excluding hydrogens is 277 g/mol. The van der Waals surface area contributed by atoms with Gasteiger partial charge in [-0.2, -0.15) is 0 Å². The van der Waals surface area contributed by atoms with E-state index in [9.17, 15) is 12.8 Å². The first-order valence-corrected chi connectivity index (χ1v) is 7.82. The predicted octanol–water partition coefficient (Wildman–Crippen LogP) is 2.97. The second kappa shape index (κ2) is 4.59. The quantitative estimate of drug-likeness (QED) is 0.853. The molecule has 3 nitrogen and oxygen atoms in total. The topological polar surface area (TPSA) is 37.4 Å². The van der Waals surface area contributed by atoms with Crippen LogP contribution in [0.4, 0.5) is 10.1 Å². The monoisotopic (exact) mass is 291 g/mol. The van der Waals surface area contributed by atoms with Crippen LogP contribution >= 0.6 is 0 Å². The Balaban J connectivity index is 2.13. The highest BCUT2D eigenvalue weighted by Gasteiger charge is 2.35. The van der Waals surface area contributed by atoms with E-state index >= 15 is 0 Å². The lowest BCUT2D eigenvalue weighted by atomic mass is 10.1. The van der Waals surface area contributed by atoms with Crippen molar-refractivity contribution >= 4 is 15.7 Å². The summed E-state index contributed by atoms with van der Waals surface area (Å²) in [5.74, 6) is -0.550. The van der Waals surface area contributed by atoms with Gasteiger partial charge in [0.2, 0.25) is 0 Å². The molecule has 0 bridgehead atoms. The molecule has 0 aliphatic carbocycles. The van der Waals surface area contributed by atoms with Gasteiger partial charge < -0.3 is 0 Å². The minimum atomic E-state index is -3.73. The van der Waals surface area contributed by atoms with Gasteiger partial charge in [-0.15, -0.1) is 0 Å². The molecular formula is C15H14FNO2S. The second-order valence-electron chi connectivity index (χ2n) is 4.94. The summed E-state index contributed by atoms with van der Waals surface area (Å²) in [4.78, 5) is -0.0129. The molecule has 0 amide bonds. The van der Waals surface area contributed by atoms with E-state index in [4.69, 9.17) is 0 Å². The van der Waals surface area contributed by atoms with Crippen LogP contribution in [0.15, 0.2) is 53.4 Å². The average molecular weight is 291 g/mol. The molecule has 0 saturated heterocycles. The van der Waals surface area contributed by atoms with Gasteiger partial charge in [-0.05, 0) is 43.2 Å². The Hall–Kier alpha value is -1.88. The minimum absolute atomic E-state index is 0.0129. The molecule has 3 rings (SSSR count). The molecule has 0 saturated carbocycles. The number of nitrogens with zero attached hydrogens (tertiary/aromatic N) is 1. The molecule has 2 aromatic carbocycles. The third kappa shape index (κ3) is 1.98. The molecule has 0 aromatic heterocycles. The molecule has 20 heavy (non-hydrogen) atoms. The summed E-state index contributed by atoms with van der Waals surface area (Å²) in [6.07, 6.45) is 0.671. The van der Waals surface area contributed by atoms with E-state index in [0.717, 1.165) is 11.6 Å². The molecule has 104 valence electrons. The number of benzene rings is 2. The first kappa shape index (κ1) is 13.1. The van der Waals surface area contributed by atoms with Gasteiger partial charge >= 0.3 is 0 Å². The Labute approximate surface area is 117 Å². The molecule has 0 spiro atoms. The summed E-state index contributed by atoms with van der Waals surface area (Å²) in [6, 6.07) is 12.4. The van der Waals surface area contributed by atoms with Crippen LogP contribution in [-0.4, -0.2) is 14.5 Å². The summed E-state index contributed by atoms with van der Waals surface area (Å²) in [6.45, 7) is 1.86. The maximum Gasteiger partial charge on any atom is 0.264 e.